The Bertz CT molecular complexity index is 383. The second-order valence-corrected chi connectivity index (χ2v) is 2.69. The number of rotatable bonds is 2. The van der Waals surface area contributed by atoms with Crippen LogP contribution in [0.25, 0.3) is 0 Å². The Morgan fingerprint density at radius 1 is 1.57 bits per heavy atom. The lowest BCUT2D eigenvalue weighted by atomic mass is 10.2. The van der Waals surface area contributed by atoms with Gasteiger partial charge in [0, 0.05) is 0 Å². The highest BCUT2D eigenvalue weighted by atomic mass is 35.5. The van der Waals surface area contributed by atoms with E-state index in [2.05, 4.69) is 4.98 Å². The standard InChI is InChI=1S/C7H4ClF2NO3/c8-5-3(12)1-2(7(13)14)4(11-5)6(9)10/h1,6,12H,(H,13,14). The van der Waals surface area contributed by atoms with Crippen LogP contribution in [0.15, 0.2) is 6.07 Å². The van der Waals surface area contributed by atoms with Crippen LogP contribution in [-0.4, -0.2) is 21.2 Å². The molecular formula is C7H4ClF2NO3. The van der Waals surface area contributed by atoms with E-state index in [-0.39, 0.29) is 0 Å². The zero-order valence-corrected chi connectivity index (χ0v) is 7.29. The normalized spacial score (nSPS) is 10.6. The molecule has 0 bridgehead atoms. The third-order valence-electron chi connectivity index (χ3n) is 1.42. The van der Waals surface area contributed by atoms with Crippen LogP contribution >= 0.6 is 11.6 Å². The minimum atomic E-state index is -3.06. The number of pyridine rings is 1. The lowest BCUT2D eigenvalue weighted by Crippen LogP contribution is -2.05. The number of carboxylic acid groups (broad SMARTS) is 1. The van der Waals surface area contributed by atoms with E-state index in [9.17, 15) is 13.6 Å². The average molecular weight is 224 g/mol. The fourth-order valence-corrected chi connectivity index (χ4v) is 0.977. The van der Waals surface area contributed by atoms with Gasteiger partial charge in [-0.1, -0.05) is 11.6 Å². The van der Waals surface area contributed by atoms with E-state index in [1.54, 1.807) is 0 Å². The van der Waals surface area contributed by atoms with Gasteiger partial charge < -0.3 is 10.2 Å². The topological polar surface area (TPSA) is 70.4 Å². The summed E-state index contributed by atoms with van der Waals surface area (Å²) in [5.41, 5.74) is -1.72. The first kappa shape index (κ1) is 10.6. The van der Waals surface area contributed by atoms with Crippen LogP contribution in [0.3, 0.4) is 0 Å². The summed E-state index contributed by atoms with van der Waals surface area (Å²) in [5, 5.41) is 16.9. The largest absolute Gasteiger partial charge is 0.505 e. The third-order valence-corrected chi connectivity index (χ3v) is 1.70. The van der Waals surface area contributed by atoms with Gasteiger partial charge in [0.05, 0.1) is 5.56 Å². The fourth-order valence-electron chi connectivity index (χ4n) is 0.831. The number of carboxylic acids is 1. The van der Waals surface area contributed by atoms with Crippen molar-refractivity contribution >= 4 is 17.6 Å². The van der Waals surface area contributed by atoms with Crippen LogP contribution < -0.4 is 0 Å². The fraction of sp³-hybridized carbons (Fsp3) is 0.143. The highest BCUT2D eigenvalue weighted by Gasteiger charge is 2.22. The van der Waals surface area contributed by atoms with Gasteiger partial charge in [0.2, 0.25) is 0 Å². The van der Waals surface area contributed by atoms with Crippen molar-refractivity contribution in [2.45, 2.75) is 6.43 Å². The number of halogens is 3. The zero-order valence-electron chi connectivity index (χ0n) is 6.54. The molecule has 0 aliphatic heterocycles. The second-order valence-electron chi connectivity index (χ2n) is 2.34. The number of aromatic carboxylic acids is 1. The first-order valence-electron chi connectivity index (χ1n) is 3.34. The quantitative estimate of drug-likeness (QED) is 0.753. The van der Waals surface area contributed by atoms with Crippen LogP contribution in [0.5, 0.6) is 5.75 Å². The Hall–Kier alpha value is -1.43. The van der Waals surface area contributed by atoms with E-state index in [0.717, 1.165) is 0 Å². The second kappa shape index (κ2) is 3.75. The van der Waals surface area contributed by atoms with Crippen LogP contribution in [-0.2, 0) is 0 Å². The van der Waals surface area contributed by atoms with Crippen molar-refractivity contribution in [1.82, 2.24) is 4.98 Å². The molecule has 7 heteroatoms. The average Bonchev–Trinajstić information content (AvgIpc) is 2.08. The number of alkyl halides is 2. The highest BCUT2D eigenvalue weighted by molar-refractivity contribution is 6.30. The molecular weight excluding hydrogens is 220 g/mol. The van der Waals surface area contributed by atoms with Crippen LogP contribution in [0, 0.1) is 0 Å². The van der Waals surface area contributed by atoms with Crippen molar-refractivity contribution in [3.63, 3.8) is 0 Å². The van der Waals surface area contributed by atoms with Gasteiger partial charge in [-0.05, 0) is 6.07 Å². The van der Waals surface area contributed by atoms with Crippen LogP contribution in [0.1, 0.15) is 22.5 Å². The Morgan fingerprint density at radius 3 is 2.57 bits per heavy atom. The molecule has 1 aromatic rings. The molecule has 0 radical (unpaired) electrons. The molecule has 0 amide bonds. The molecule has 4 nitrogen and oxygen atoms in total. The molecule has 1 aromatic heterocycles. The molecule has 1 heterocycles. The molecule has 0 aliphatic rings. The molecule has 0 atom stereocenters. The summed E-state index contributed by atoms with van der Waals surface area (Å²) in [6.45, 7) is 0. The van der Waals surface area contributed by atoms with E-state index in [1.165, 1.54) is 0 Å². The van der Waals surface area contributed by atoms with Gasteiger partial charge in [0.15, 0.2) is 10.9 Å². The van der Waals surface area contributed by atoms with E-state index in [1.807, 2.05) is 0 Å². The van der Waals surface area contributed by atoms with Gasteiger partial charge in [-0.25, -0.2) is 18.6 Å². The number of aromatic nitrogens is 1. The first-order chi connectivity index (χ1) is 6.43. The number of hydrogen-bond donors (Lipinski definition) is 2. The molecule has 0 saturated heterocycles. The van der Waals surface area contributed by atoms with Gasteiger partial charge in [0.1, 0.15) is 5.69 Å². The minimum absolute atomic E-state index is 0.551. The zero-order chi connectivity index (χ0) is 10.9. The molecule has 2 N–H and O–H groups in total. The Morgan fingerprint density at radius 2 is 2.14 bits per heavy atom. The van der Waals surface area contributed by atoms with Crippen molar-refractivity contribution in [3.05, 3.63) is 22.5 Å². The lowest BCUT2D eigenvalue weighted by Gasteiger charge is -2.05. The van der Waals surface area contributed by atoms with Gasteiger partial charge in [-0.2, -0.15) is 0 Å². The Balaban J connectivity index is 3.39. The van der Waals surface area contributed by atoms with Gasteiger partial charge >= 0.3 is 5.97 Å². The van der Waals surface area contributed by atoms with Gasteiger partial charge in [-0.15, -0.1) is 0 Å². The van der Waals surface area contributed by atoms with E-state index in [0.29, 0.717) is 6.07 Å². The summed E-state index contributed by atoms with van der Waals surface area (Å²) in [7, 11) is 0. The predicted molar refractivity (Wildman–Crippen MR) is 42.8 cm³/mol. The lowest BCUT2D eigenvalue weighted by molar-refractivity contribution is 0.0681. The van der Waals surface area contributed by atoms with Crippen molar-refractivity contribution in [1.29, 1.82) is 0 Å². The molecule has 0 aliphatic carbocycles. The highest BCUT2D eigenvalue weighted by Crippen LogP contribution is 2.28. The Labute approximate surface area is 81.8 Å². The summed E-state index contributed by atoms with van der Waals surface area (Å²) in [6, 6.07) is 0.638. The van der Waals surface area contributed by atoms with Crippen LogP contribution in [0.4, 0.5) is 8.78 Å². The smallest absolute Gasteiger partial charge is 0.337 e. The summed E-state index contributed by atoms with van der Waals surface area (Å²) >= 11 is 5.25. The molecule has 0 aromatic carbocycles. The molecule has 0 fully saturated rings. The summed E-state index contributed by atoms with van der Waals surface area (Å²) in [4.78, 5) is 13.5. The molecule has 76 valence electrons. The maximum Gasteiger partial charge on any atom is 0.337 e. The molecule has 0 saturated carbocycles. The summed E-state index contributed by atoms with van der Waals surface area (Å²) < 4.78 is 24.5. The van der Waals surface area contributed by atoms with Crippen molar-refractivity contribution in [2.75, 3.05) is 0 Å². The first-order valence-corrected chi connectivity index (χ1v) is 3.72. The van der Waals surface area contributed by atoms with Crippen molar-refractivity contribution in [2.24, 2.45) is 0 Å². The van der Waals surface area contributed by atoms with Crippen molar-refractivity contribution < 1.29 is 23.8 Å². The maximum absolute atomic E-state index is 12.2. The monoisotopic (exact) mass is 223 g/mol. The maximum atomic E-state index is 12.2. The molecule has 1 rings (SSSR count). The summed E-state index contributed by atoms with van der Waals surface area (Å²) in [5.74, 6) is -2.24. The predicted octanol–water partition coefficient (Wildman–Crippen LogP) is 2.08. The Kier molecular flexibility index (Phi) is 2.85. The molecule has 0 spiro atoms. The third kappa shape index (κ3) is 1.90. The number of hydrogen-bond acceptors (Lipinski definition) is 3. The number of carbonyl (C=O) groups is 1. The number of nitrogens with zero attached hydrogens (tertiary/aromatic N) is 1. The van der Waals surface area contributed by atoms with Gasteiger partial charge in [-0.3, -0.25) is 0 Å². The van der Waals surface area contributed by atoms with E-state index >= 15 is 0 Å². The minimum Gasteiger partial charge on any atom is -0.505 e. The summed E-state index contributed by atoms with van der Waals surface area (Å²) in [6.07, 6.45) is -3.06. The van der Waals surface area contributed by atoms with Gasteiger partial charge in [0.25, 0.3) is 6.43 Å². The SMILES string of the molecule is O=C(O)c1cc(O)c(Cl)nc1C(F)F. The molecule has 14 heavy (non-hydrogen) atoms. The molecule has 0 unspecified atom stereocenters. The number of aromatic hydroxyl groups is 1. The van der Waals surface area contributed by atoms with Crippen LogP contribution in [0.2, 0.25) is 5.15 Å². The van der Waals surface area contributed by atoms with Crippen molar-refractivity contribution in [3.8, 4) is 5.75 Å². The van der Waals surface area contributed by atoms with E-state index in [4.69, 9.17) is 21.8 Å². The van der Waals surface area contributed by atoms with E-state index < -0.39 is 34.6 Å².